The molecule has 21 heavy (non-hydrogen) atoms. The first kappa shape index (κ1) is 14.3. The average Bonchev–Trinajstić information content (AvgIpc) is 3.19. The molecule has 0 bridgehead atoms. The van der Waals surface area contributed by atoms with Crippen LogP contribution >= 0.6 is 11.3 Å². The lowest BCUT2D eigenvalue weighted by atomic mass is 9.99. The molecule has 0 amide bonds. The second kappa shape index (κ2) is 6.39. The third-order valence-corrected chi connectivity index (χ3v) is 4.83. The van der Waals surface area contributed by atoms with Gasteiger partial charge in [0.05, 0.1) is 5.69 Å². The quantitative estimate of drug-likeness (QED) is 0.920. The van der Waals surface area contributed by atoms with Gasteiger partial charge in [0.25, 0.3) is 0 Å². The van der Waals surface area contributed by atoms with Gasteiger partial charge in [-0.1, -0.05) is 0 Å². The third-order valence-electron chi connectivity index (χ3n) is 3.84. The van der Waals surface area contributed by atoms with Crippen molar-refractivity contribution in [1.82, 2.24) is 15.1 Å². The van der Waals surface area contributed by atoms with E-state index in [1.165, 1.54) is 4.88 Å². The lowest BCUT2D eigenvalue weighted by Gasteiger charge is -2.19. The average molecular weight is 302 g/mol. The van der Waals surface area contributed by atoms with Crippen LogP contribution in [0.1, 0.15) is 28.0 Å². The van der Waals surface area contributed by atoms with Crippen molar-refractivity contribution in [3.63, 3.8) is 0 Å². The Kier molecular flexibility index (Phi) is 4.34. The molecule has 0 aliphatic carbocycles. The summed E-state index contributed by atoms with van der Waals surface area (Å²) in [6, 6.07) is 8.09. The highest BCUT2D eigenvalue weighted by atomic mass is 32.1. The van der Waals surface area contributed by atoms with Crippen LogP contribution in [0, 0.1) is 17.2 Å². The zero-order valence-corrected chi connectivity index (χ0v) is 12.8. The maximum Gasteiger partial charge on any atom is 0.110 e. The van der Waals surface area contributed by atoms with Crippen LogP contribution in [0.5, 0.6) is 0 Å². The predicted molar refractivity (Wildman–Crippen MR) is 80.7 cm³/mol. The van der Waals surface area contributed by atoms with E-state index in [9.17, 15) is 0 Å². The predicted octanol–water partition coefficient (Wildman–Crippen LogP) is 2.22. The zero-order chi connectivity index (χ0) is 14.7. The van der Waals surface area contributed by atoms with Crippen LogP contribution in [-0.2, 0) is 18.3 Å². The molecular weight excluding hydrogens is 284 g/mol. The van der Waals surface area contributed by atoms with E-state index in [2.05, 4.69) is 16.5 Å². The van der Waals surface area contributed by atoms with Crippen molar-refractivity contribution in [2.45, 2.75) is 19.1 Å². The minimum Gasteiger partial charge on any atom is -0.372 e. The van der Waals surface area contributed by atoms with Gasteiger partial charge in [-0.3, -0.25) is 4.68 Å². The van der Waals surface area contributed by atoms with Gasteiger partial charge in [0.15, 0.2) is 0 Å². The molecule has 1 N–H and O–H groups in total. The van der Waals surface area contributed by atoms with Crippen LogP contribution in [0.25, 0.3) is 0 Å². The van der Waals surface area contributed by atoms with Gasteiger partial charge in [-0.2, -0.15) is 10.4 Å². The Morgan fingerprint density at radius 2 is 2.43 bits per heavy atom. The van der Waals surface area contributed by atoms with Crippen LogP contribution in [0.3, 0.4) is 0 Å². The number of ether oxygens (including phenoxy) is 1. The molecule has 2 aromatic heterocycles. The molecule has 1 aliphatic rings. The van der Waals surface area contributed by atoms with Crippen molar-refractivity contribution >= 4 is 11.3 Å². The molecule has 2 aromatic rings. The standard InChI is InChI=1S/C15H18N4OS/c1-19-14(4-6-18-19)15-11(5-7-20-15)9-17-10-13-3-2-12(8-16)21-13/h2-4,6,11,15,17H,5,7,9-10H2,1H3/t11-,15+/m0/s1. The van der Waals surface area contributed by atoms with Gasteiger partial charge < -0.3 is 10.1 Å². The first-order valence-electron chi connectivity index (χ1n) is 7.07. The Labute approximate surface area is 128 Å². The summed E-state index contributed by atoms with van der Waals surface area (Å²) in [4.78, 5) is 1.96. The van der Waals surface area contributed by atoms with E-state index in [0.717, 1.165) is 36.7 Å². The third kappa shape index (κ3) is 3.16. The highest BCUT2D eigenvalue weighted by Crippen LogP contribution is 2.33. The minimum atomic E-state index is 0.128. The van der Waals surface area contributed by atoms with Gasteiger partial charge >= 0.3 is 0 Å². The summed E-state index contributed by atoms with van der Waals surface area (Å²) >= 11 is 1.55. The highest BCUT2D eigenvalue weighted by molar-refractivity contribution is 7.12. The molecule has 110 valence electrons. The lowest BCUT2D eigenvalue weighted by Crippen LogP contribution is -2.25. The maximum atomic E-state index is 8.83. The second-order valence-electron chi connectivity index (χ2n) is 5.23. The molecule has 0 aromatic carbocycles. The Morgan fingerprint density at radius 1 is 1.52 bits per heavy atom. The van der Waals surface area contributed by atoms with Crippen molar-refractivity contribution in [3.05, 3.63) is 39.8 Å². The molecule has 3 heterocycles. The lowest BCUT2D eigenvalue weighted by molar-refractivity contribution is 0.0838. The van der Waals surface area contributed by atoms with Gasteiger partial charge in [0, 0.05) is 43.7 Å². The van der Waals surface area contributed by atoms with Crippen LogP contribution in [0.4, 0.5) is 0 Å². The Hall–Kier alpha value is -1.68. The van der Waals surface area contributed by atoms with E-state index < -0.39 is 0 Å². The SMILES string of the molecule is Cn1nccc1[C@@H]1OCC[C@H]1CNCc1ccc(C#N)s1. The molecule has 1 fully saturated rings. The molecule has 0 radical (unpaired) electrons. The smallest absolute Gasteiger partial charge is 0.110 e. The Bertz CT molecular complexity index is 642. The number of rotatable bonds is 5. The van der Waals surface area contributed by atoms with Crippen molar-refractivity contribution in [3.8, 4) is 6.07 Å². The van der Waals surface area contributed by atoms with Crippen LogP contribution in [-0.4, -0.2) is 22.9 Å². The van der Waals surface area contributed by atoms with Crippen LogP contribution in [0.15, 0.2) is 24.4 Å². The minimum absolute atomic E-state index is 0.128. The largest absolute Gasteiger partial charge is 0.372 e. The molecule has 5 nitrogen and oxygen atoms in total. The summed E-state index contributed by atoms with van der Waals surface area (Å²) in [6.07, 6.45) is 3.01. The molecule has 2 atom stereocenters. The van der Waals surface area contributed by atoms with E-state index in [4.69, 9.17) is 10.00 Å². The van der Waals surface area contributed by atoms with Gasteiger partial charge in [-0.25, -0.2) is 0 Å². The van der Waals surface area contributed by atoms with Crippen molar-refractivity contribution in [1.29, 1.82) is 5.26 Å². The molecule has 0 spiro atoms. The number of hydrogen-bond donors (Lipinski definition) is 1. The van der Waals surface area contributed by atoms with Gasteiger partial charge in [-0.15, -0.1) is 11.3 Å². The summed E-state index contributed by atoms with van der Waals surface area (Å²) in [6.45, 7) is 2.52. The Morgan fingerprint density at radius 3 is 3.14 bits per heavy atom. The maximum absolute atomic E-state index is 8.83. The number of aromatic nitrogens is 2. The van der Waals surface area contributed by atoms with E-state index >= 15 is 0 Å². The van der Waals surface area contributed by atoms with Gasteiger partial charge in [-0.05, 0) is 24.6 Å². The van der Waals surface area contributed by atoms with E-state index in [1.54, 1.807) is 11.3 Å². The fourth-order valence-corrected chi connectivity index (χ4v) is 3.52. The van der Waals surface area contributed by atoms with Crippen LogP contribution < -0.4 is 5.32 Å². The molecular formula is C15H18N4OS. The number of hydrogen-bond acceptors (Lipinski definition) is 5. The van der Waals surface area contributed by atoms with E-state index in [1.807, 2.05) is 36.1 Å². The molecule has 1 saturated heterocycles. The Balaban J connectivity index is 1.55. The number of aryl methyl sites for hydroxylation is 1. The summed E-state index contributed by atoms with van der Waals surface area (Å²) < 4.78 is 7.76. The van der Waals surface area contributed by atoms with Gasteiger partial charge in [0.2, 0.25) is 0 Å². The summed E-state index contributed by atoms with van der Waals surface area (Å²) in [5.74, 6) is 0.468. The first-order valence-corrected chi connectivity index (χ1v) is 7.88. The highest BCUT2D eigenvalue weighted by Gasteiger charge is 2.31. The fourth-order valence-electron chi connectivity index (χ4n) is 2.75. The summed E-state index contributed by atoms with van der Waals surface area (Å²) in [5, 5.41) is 16.5. The van der Waals surface area contributed by atoms with Gasteiger partial charge in [0.1, 0.15) is 17.1 Å². The fraction of sp³-hybridized carbons (Fsp3) is 0.467. The summed E-state index contributed by atoms with van der Waals surface area (Å²) in [7, 11) is 1.95. The number of nitrogens with one attached hydrogen (secondary N) is 1. The van der Waals surface area contributed by atoms with E-state index in [-0.39, 0.29) is 6.10 Å². The first-order chi connectivity index (χ1) is 10.3. The molecule has 0 saturated carbocycles. The van der Waals surface area contributed by atoms with E-state index in [0.29, 0.717) is 5.92 Å². The number of thiophene rings is 1. The zero-order valence-electron chi connectivity index (χ0n) is 12.0. The monoisotopic (exact) mass is 302 g/mol. The molecule has 6 heteroatoms. The van der Waals surface area contributed by atoms with Crippen LogP contribution in [0.2, 0.25) is 0 Å². The molecule has 0 unspecified atom stereocenters. The second-order valence-corrected chi connectivity index (χ2v) is 6.40. The molecule has 3 rings (SSSR count). The number of nitrogens with zero attached hydrogens (tertiary/aromatic N) is 3. The van der Waals surface area contributed by atoms with Crippen molar-refractivity contribution in [2.75, 3.05) is 13.2 Å². The molecule has 1 aliphatic heterocycles. The van der Waals surface area contributed by atoms with Crippen molar-refractivity contribution in [2.24, 2.45) is 13.0 Å². The number of nitriles is 1. The summed E-state index contributed by atoms with van der Waals surface area (Å²) in [5.41, 5.74) is 1.14. The topological polar surface area (TPSA) is 62.9 Å². The normalized spacial score (nSPS) is 21.5. The van der Waals surface area contributed by atoms with Crippen molar-refractivity contribution < 1.29 is 4.74 Å².